The summed E-state index contributed by atoms with van der Waals surface area (Å²) in [7, 11) is 0. The third-order valence-corrected chi connectivity index (χ3v) is 1.22. The van der Waals surface area contributed by atoms with Crippen LogP contribution in [0.2, 0.25) is 0 Å². The average Bonchev–Trinajstić information content (AvgIpc) is 2.12. The smallest absolute Gasteiger partial charge is 0.156 e. The normalized spacial score (nSPS) is 14.7. The molecule has 1 aliphatic heterocycles. The molecular formula is C8H7NO. The zero-order chi connectivity index (χ0) is 7.40. The first-order chi connectivity index (χ1) is 4.80. The summed E-state index contributed by atoms with van der Waals surface area (Å²) in [5, 5.41) is 0. The molecule has 0 saturated carbocycles. The second-order valence-electron chi connectivity index (χ2n) is 1.99. The summed E-state index contributed by atoms with van der Waals surface area (Å²) in [6, 6.07) is 2.55. The molecule has 50 valence electrons. The van der Waals surface area contributed by atoms with Crippen LogP contribution in [0.4, 0.5) is 0 Å². The Labute approximate surface area is 59.7 Å². The van der Waals surface area contributed by atoms with Crippen molar-refractivity contribution in [3.63, 3.8) is 0 Å². The Morgan fingerprint density at radius 3 is 3.30 bits per heavy atom. The number of Topliss-reactive ketones (excluding diaryl/α,β-unsaturated/α-hetero) is 1. The predicted molar refractivity (Wildman–Crippen MR) is 39.6 cm³/mol. The van der Waals surface area contributed by atoms with Crippen molar-refractivity contribution in [3.05, 3.63) is 11.6 Å². The third-order valence-electron chi connectivity index (χ3n) is 1.22. The van der Waals surface area contributed by atoms with Crippen LogP contribution in [0.15, 0.2) is 16.6 Å². The second-order valence-corrected chi connectivity index (χ2v) is 1.99. The number of hydrogen-bond acceptors (Lipinski definition) is 2. The molecule has 1 heterocycles. The van der Waals surface area contributed by atoms with E-state index in [4.69, 9.17) is 0 Å². The maximum Gasteiger partial charge on any atom is 0.156 e. The van der Waals surface area contributed by atoms with Crippen LogP contribution in [-0.2, 0) is 4.79 Å². The highest BCUT2D eigenvalue weighted by Crippen LogP contribution is 2.01. The molecule has 0 fully saturated rings. The van der Waals surface area contributed by atoms with Gasteiger partial charge in [-0.3, -0.25) is 4.79 Å². The van der Waals surface area contributed by atoms with Gasteiger partial charge >= 0.3 is 0 Å². The minimum absolute atomic E-state index is 0.0719. The lowest BCUT2D eigenvalue weighted by Crippen LogP contribution is -1.94. The van der Waals surface area contributed by atoms with Crippen LogP contribution in [0, 0.1) is 12.0 Å². The van der Waals surface area contributed by atoms with E-state index in [1.165, 1.54) is 6.92 Å². The standard InChI is InChI=1S/C8H7NO/c1-7(10)8-3-2-5-9-6-4-8/h4,6H,3H2,1H3. The molecule has 0 bridgehead atoms. The number of rotatable bonds is 1. The summed E-state index contributed by atoms with van der Waals surface area (Å²) < 4.78 is 0. The Bertz CT molecular complexity index is 263. The molecule has 0 aliphatic carbocycles. The van der Waals surface area contributed by atoms with Crippen LogP contribution < -0.4 is 0 Å². The van der Waals surface area contributed by atoms with Crippen molar-refractivity contribution in [1.82, 2.24) is 0 Å². The van der Waals surface area contributed by atoms with Gasteiger partial charge in [-0.25, -0.2) is 4.99 Å². The lowest BCUT2D eigenvalue weighted by atomic mass is 10.1. The van der Waals surface area contributed by atoms with Crippen molar-refractivity contribution < 1.29 is 4.79 Å². The zero-order valence-electron chi connectivity index (χ0n) is 5.72. The molecule has 2 nitrogen and oxygen atoms in total. The van der Waals surface area contributed by atoms with Crippen LogP contribution >= 0.6 is 0 Å². The van der Waals surface area contributed by atoms with Crippen molar-refractivity contribution in [1.29, 1.82) is 0 Å². The van der Waals surface area contributed by atoms with E-state index in [1.807, 2.05) is 0 Å². The summed E-state index contributed by atoms with van der Waals surface area (Å²) in [4.78, 5) is 14.4. The summed E-state index contributed by atoms with van der Waals surface area (Å²) in [5.74, 6) is 2.81. The minimum Gasteiger partial charge on any atom is -0.295 e. The topological polar surface area (TPSA) is 29.4 Å². The van der Waals surface area contributed by atoms with Crippen LogP contribution in [0.25, 0.3) is 0 Å². The molecular weight excluding hydrogens is 126 g/mol. The molecule has 0 amide bonds. The monoisotopic (exact) mass is 133 g/mol. The van der Waals surface area contributed by atoms with Crippen molar-refractivity contribution in [2.75, 3.05) is 0 Å². The second kappa shape index (κ2) is 2.98. The van der Waals surface area contributed by atoms with Gasteiger partial charge in [-0.1, -0.05) is 5.92 Å². The summed E-state index contributed by atoms with van der Waals surface area (Å²) >= 11 is 0. The fourth-order valence-electron chi connectivity index (χ4n) is 0.646. The van der Waals surface area contributed by atoms with Gasteiger partial charge in [0, 0.05) is 24.3 Å². The highest BCUT2D eigenvalue weighted by atomic mass is 16.1. The van der Waals surface area contributed by atoms with Gasteiger partial charge in [0.1, 0.15) is 0 Å². The number of nitrogens with zero attached hydrogens (tertiary/aromatic N) is 1. The largest absolute Gasteiger partial charge is 0.295 e. The van der Waals surface area contributed by atoms with E-state index in [2.05, 4.69) is 17.0 Å². The van der Waals surface area contributed by atoms with Crippen LogP contribution in [-0.4, -0.2) is 12.0 Å². The molecule has 1 aliphatic rings. The number of allylic oxidation sites excluding steroid dienone is 2. The van der Waals surface area contributed by atoms with E-state index < -0.39 is 0 Å². The summed E-state index contributed by atoms with van der Waals surface area (Å²) in [6.45, 7) is 1.53. The molecule has 0 aromatic rings. The fraction of sp³-hybridized carbons (Fsp3) is 0.250. The molecule has 0 unspecified atom stereocenters. The molecule has 0 aromatic carbocycles. The van der Waals surface area contributed by atoms with Gasteiger partial charge in [0.15, 0.2) is 5.78 Å². The fourth-order valence-corrected chi connectivity index (χ4v) is 0.646. The number of carbonyl (C=O) groups is 1. The Kier molecular flexibility index (Phi) is 2.01. The maximum absolute atomic E-state index is 10.8. The number of carbonyl (C=O) groups excluding carboxylic acids is 1. The molecule has 0 spiro atoms. The Morgan fingerprint density at radius 2 is 2.60 bits per heavy atom. The summed E-state index contributed by atoms with van der Waals surface area (Å²) in [5.41, 5.74) is 0.730. The average molecular weight is 133 g/mol. The number of ketones is 1. The third kappa shape index (κ3) is 1.56. The van der Waals surface area contributed by atoms with Crippen LogP contribution in [0.1, 0.15) is 13.3 Å². The molecule has 0 radical (unpaired) electrons. The van der Waals surface area contributed by atoms with Gasteiger partial charge in [0.25, 0.3) is 0 Å². The lowest BCUT2D eigenvalue weighted by molar-refractivity contribution is -0.113. The zero-order valence-corrected chi connectivity index (χ0v) is 5.72. The minimum atomic E-state index is 0.0719. The molecule has 0 aromatic heterocycles. The van der Waals surface area contributed by atoms with Gasteiger partial charge in [0.05, 0.1) is 0 Å². The highest BCUT2D eigenvalue weighted by molar-refractivity contribution is 5.97. The molecule has 0 saturated heterocycles. The van der Waals surface area contributed by atoms with Crippen molar-refractivity contribution in [2.45, 2.75) is 13.3 Å². The SMILES string of the molecule is CC(=O)C1=CC=NC#CC1. The van der Waals surface area contributed by atoms with Gasteiger partial charge in [-0.05, 0) is 13.0 Å². The van der Waals surface area contributed by atoms with E-state index in [0.717, 1.165) is 5.57 Å². The van der Waals surface area contributed by atoms with Gasteiger partial charge in [0.2, 0.25) is 0 Å². The number of aliphatic imine (C=N–C) groups is 1. The van der Waals surface area contributed by atoms with E-state index in [1.54, 1.807) is 12.3 Å². The van der Waals surface area contributed by atoms with Crippen LogP contribution in [0.5, 0.6) is 0 Å². The first-order valence-electron chi connectivity index (χ1n) is 3.02. The first kappa shape index (κ1) is 6.76. The molecule has 10 heavy (non-hydrogen) atoms. The van der Waals surface area contributed by atoms with Gasteiger partial charge < -0.3 is 0 Å². The highest BCUT2D eigenvalue weighted by Gasteiger charge is 2.00. The first-order valence-corrected chi connectivity index (χ1v) is 3.02. The Morgan fingerprint density at radius 1 is 1.80 bits per heavy atom. The van der Waals surface area contributed by atoms with E-state index in [-0.39, 0.29) is 5.78 Å². The summed E-state index contributed by atoms with van der Waals surface area (Å²) in [6.07, 6.45) is 3.77. The maximum atomic E-state index is 10.8. The Balaban J connectivity index is 2.82. The van der Waals surface area contributed by atoms with Gasteiger partial charge in [-0.2, -0.15) is 0 Å². The van der Waals surface area contributed by atoms with Crippen LogP contribution in [0.3, 0.4) is 0 Å². The lowest BCUT2D eigenvalue weighted by Gasteiger charge is -1.91. The quantitative estimate of drug-likeness (QED) is 0.489. The number of hydrogen-bond donors (Lipinski definition) is 0. The van der Waals surface area contributed by atoms with E-state index in [0.29, 0.717) is 6.42 Å². The predicted octanol–water partition coefficient (Wildman–Crippen LogP) is 0.937. The van der Waals surface area contributed by atoms with E-state index >= 15 is 0 Å². The molecule has 1 rings (SSSR count). The molecule has 0 N–H and O–H groups in total. The van der Waals surface area contributed by atoms with Gasteiger partial charge in [-0.15, -0.1) is 0 Å². The van der Waals surface area contributed by atoms with Crippen molar-refractivity contribution in [2.24, 2.45) is 4.99 Å². The van der Waals surface area contributed by atoms with Crippen molar-refractivity contribution >= 4 is 12.0 Å². The van der Waals surface area contributed by atoms with Crippen molar-refractivity contribution in [3.8, 4) is 12.0 Å². The Hall–Kier alpha value is -1.36. The molecule has 0 atom stereocenters. The van der Waals surface area contributed by atoms with E-state index in [9.17, 15) is 4.79 Å². The molecule has 2 heteroatoms.